The van der Waals surface area contributed by atoms with Crippen LogP contribution in [0.15, 0.2) is 198 Å². The van der Waals surface area contributed by atoms with E-state index in [2.05, 4.69) is 133 Å². The summed E-state index contributed by atoms with van der Waals surface area (Å²) in [5.41, 5.74) is 10.1. The van der Waals surface area contributed by atoms with Gasteiger partial charge in [-0.2, -0.15) is 0 Å². The van der Waals surface area contributed by atoms with E-state index in [0.717, 1.165) is 61.7 Å². The van der Waals surface area contributed by atoms with Crippen LogP contribution >= 0.6 is 11.3 Å². The van der Waals surface area contributed by atoms with Crippen molar-refractivity contribution in [3.63, 3.8) is 0 Å². The van der Waals surface area contributed by atoms with Gasteiger partial charge in [0.2, 0.25) is 0 Å². The van der Waals surface area contributed by atoms with Crippen molar-refractivity contribution in [1.82, 2.24) is 15.3 Å². The molecule has 1 aliphatic rings. The Bertz CT molecular complexity index is 2810. The lowest BCUT2D eigenvalue weighted by molar-refractivity contribution is 0.674. The molecule has 55 heavy (non-hydrogen) atoms. The Hall–Kier alpha value is -7.02. The van der Waals surface area contributed by atoms with E-state index in [0.29, 0.717) is 11.7 Å². The van der Waals surface area contributed by atoms with Gasteiger partial charge in [0.15, 0.2) is 11.7 Å². The highest BCUT2D eigenvalue weighted by Crippen LogP contribution is 2.45. The molecule has 1 unspecified atom stereocenters. The zero-order valence-corrected chi connectivity index (χ0v) is 30.5. The molecule has 1 atom stereocenters. The average molecular weight is 724 g/mol. The molecular formula is C49H33N5S. The molecule has 9 aromatic rings. The lowest BCUT2D eigenvalue weighted by Gasteiger charge is -2.23. The van der Waals surface area contributed by atoms with E-state index in [1.807, 2.05) is 72.0 Å². The lowest BCUT2D eigenvalue weighted by Crippen LogP contribution is -2.33. The first-order valence-electron chi connectivity index (χ1n) is 18.3. The van der Waals surface area contributed by atoms with Gasteiger partial charge in [0, 0.05) is 53.6 Å². The van der Waals surface area contributed by atoms with Gasteiger partial charge in [-0.25, -0.2) is 20.0 Å². The quantitative estimate of drug-likeness (QED) is 0.178. The number of hydrogen-bond acceptors (Lipinski definition) is 6. The summed E-state index contributed by atoms with van der Waals surface area (Å²) < 4.78 is 2.49. The van der Waals surface area contributed by atoms with Gasteiger partial charge in [-0.05, 0) is 29.3 Å². The molecule has 260 valence electrons. The van der Waals surface area contributed by atoms with Gasteiger partial charge in [-0.1, -0.05) is 170 Å². The monoisotopic (exact) mass is 723 g/mol. The second-order valence-electron chi connectivity index (χ2n) is 13.5. The third-order valence-electron chi connectivity index (χ3n) is 9.98. The minimum atomic E-state index is -0.267. The molecule has 1 aliphatic heterocycles. The first kappa shape index (κ1) is 32.6. The Balaban J connectivity index is 1.15. The molecule has 10 rings (SSSR count). The minimum Gasteiger partial charge on any atom is -0.344 e. The van der Waals surface area contributed by atoms with Gasteiger partial charge in [0.25, 0.3) is 0 Å². The summed E-state index contributed by atoms with van der Waals surface area (Å²) in [6.45, 7) is 0. The molecule has 2 aromatic heterocycles. The third-order valence-corrected chi connectivity index (χ3v) is 11.1. The van der Waals surface area contributed by atoms with Crippen LogP contribution in [0.4, 0.5) is 0 Å². The normalized spacial score (nSPS) is 14.0. The largest absolute Gasteiger partial charge is 0.344 e. The number of hydrogen-bond donors (Lipinski definition) is 1. The second-order valence-corrected chi connectivity index (χ2v) is 14.6. The van der Waals surface area contributed by atoms with Crippen LogP contribution in [-0.2, 0) is 0 Å². The fraction of sp³-hybridized carbons (Fsp3) is 0.0204. The van der Waals surface area contributed by atoms with E-state index in [1.54, 1.807) is 0 Å². The maximum atomic E-state index is 5.27. The Morgan fingerprint density at radius 2 is 1.07 bits per heavy atom. The molecule has 0 amide bonds. The van der Waals surface area contributed by atoms with E-state index in [1.165, 1.54) is 20.2 Å². The molecule has 0 aliphatic carbocycles. The van der Waals surface area contributed by atoms with E-state index >= 15 is 0 Å². The van der Waals surface area contributed by atoms with Crippen LogP contribution in [0.2, 0.25) is 0 Å². The van der Waals surface area contributed by atoms with Crippen LogP contribution in [-0.4, -0.2) is 21.6 Å². The number of fused-ring (bicyclic) bond motifs is 3. The number of nitrogens with zero attached hydrogens (tertiary/aromatic N) is 4. The summed E-state index contributed by atoms with van der Waals surface area (Å²) in [5, 5.41) is 6.02. The molecule has 3 heterocycles. The fourth-order valence-corrected chi connectivity index (χ4v) is 8.42. The van der Waals surface area contributed by atoms with Crippen molar-refractivity contribution in [2.75, 3.05) is 0 Å². The molecule has 0 radical (unpaired) electrons. The van der Waals surface area contributed by atoms with Gasteiger partial charge in [0.1, 0.15) is 12.0 Å². The Morgan fingerprint density at radius 3 is 1.80 bits per heavy atom. The smallest absolute Gasteiger partial charge is 0.160 e. The van der Waals surface area contributed by atoms with Crippen LogP contribution < -0.4 is 5.32 Å². The maximum absolute atomic E-state index is 5.27. The molecule has 5 nitrogen and oxygen atoms in total. The Labute approximate surface area is 323 Å². The van der Waals surface area contributed by atoms with Crippen molar-refractivity contribution in [2.45, 2.75) is 6.17 Å². The van der Waals surface area contributed by atoms with Gasteiger partial charge in [-0.3, -0.25) is 0 Å². The predicted octanol–water partition coefficient (Wildman–Crippen LogP) is 12.0. The van der Waals surface area contributed by atoms with Crippen molar-refractivity contribution in [2.24, 2.45) is 9.98 Å². The van der Waals surface area contributed by atoms with Crippen LogP contribution in [0.25, 0.3) is 65.2 Å². The second kappa shape index (κ2) is 14.1. The molecule has 0 bridgehead atoms. The standard InChI is InChI=1S/C49H33N5S/c1-5-15-32(16-6-1)40-31-41(51-46(50-40)34-17-7-2-8-18-34)38-29-30-43-45(39-23-13-14-24-42(39)55-43)44(38)33-25-27-37(28-26-33)49-53-47(35-19-9-3-10-20-35)52-48(54-49)36-21-11-4-12-22-36/h1-31,47H,(H,52,53,54). The van der Waals surface area contributed by atoms with Gasteiger partial charge in [-0.15, -0.1) is 11.3 Å². The first-order chi connectivity index (χ1) is 27.2. The molecule has 0 saturated carbocycles. The first-order valence-corrected chi connectivity index (χ1v) is 19.2. The lowest BCUT2D eigenvalue weighted by atomic mass is 9.91. The summed E-state index contributed by atoms with van der Waals surface area (Å²) in [6, 6.07) is 65.1. The molecular weight excluding hydrogens is 691 g/mol. The molecule has 0 spiro atoms. The van der Waals surface area contributed by atoms with E-state index < -0.39 is 0 Å². The van der Waals surface area contributed by atoms with E-state index in [-0.39, 0.29) is 6.17 Å². The van der Waals surface area contributed by atoms with E-state index in [9.17, 15) is 0 Å². The van der Waals surface area contributed by atoms with Crippen molar-refractivity contribution < 1.29 is 0 Å². The Kier molecular flexibility index (Phi) is 8.35. The van der Waals surface area contributed by atoms with Gasteiger partial charge < -0.3 is 5.32 Å². The summed E-state index contributed by atoms with van der Waals surface area (Å²) in [7, 11) is 0. The average Bonchev–Trinajstić information content (AvgIpc) is 3.66. The highest BCUT2D eigenvalue weighted by atomic mass is 32.1. The number of benzene rings is 7. The minimum absolute atomic E-state index is 0.267. The van der Waals surface area contributed by atoms with Crippen LogP contribution in [0.1, 0.15) is 22.9 Å². The number of aliphatic imine (C=N–C) groups is 2. The summed E-state index contributed by atoms with van der Waals surface area (Å²) in [5.74, 6) is 2.18. The topological polar surface area (TPSA) is 62.5 Å². The highest BCUT2D eigenvalue weighted by Gasteiger charge is 2.23. The maximum Gasteiger partial charge on any atom is 0.160 e. The predicted molar refractivity (Wildman–Crippen MR) is 228 cm³/mol. The summed E-state index contributed by atoms with van der Waals surface area (Å²) in [4.78, 5) is 20.5. The van der Waals surface area contributed by atoms with E-state index in [4.69, 9.17) is 20.0 Å². The van der Waals surface area contributed by atoms with Crippen molar-refractivity contribution in [3.05, 3.63) is 205 Å². The van der Waals surface area contributed by atoms with Gasteiger partial charge >= 0.3 is 0 Å². The van der Waals surface area contributed by atoms with Crippen molar-refractivity contribution in [1.29, 1.82) is 0 Å². The fourth-order valence-electron chi connectivity index (χ4n) is 7.30. The number of amidine groups is 2. The van der Waals surface area contributed by atoms with Crippen molar-refractivity contribution in [3.8, 4) is 45.0 Å². The zero-order valence-electron chi connectivity index (χ0n) is 29.7. The highest BCUT2D eigenvalue weighted by molar-refractivity contribution is 7.26. The van der Waals surface area contributed by atoms with Gasteiger partial charge in [0.05, 0.1) is 11.4 Å². The number of nitrogens with one attached hydrogen (secondary N) is 1. The third kappa shape index (κ3) is 6.28. The molecule has 6 heteroatoms. The molecule has 0 fully saturated rings. The summed E-state index contributed by atoms with van der Waals surface area (Å²) in [6.07, 6.45) is -0.267. The van der Waals surface area contributed by atoms with Crippen molar-refractivity contribution >= 4 is 43.2 Å². The van der Waals surface area contributed by atoms with Crippen LogP contribution in [0, 0.1) is 0 Å². The Morgan fingerprint density at radius 1 is 0.473 bits per heavy atom. The molecule has 0 saturated heterocycles. The number of aromatic nitrogens is 2. The number of rotatable bonds is 7. The van der Waals surface area contributed by atoms with Crippen LogP contribution in [0.3, 0.4) is 0 Å². The van der Waals surface area contributed by atoms with Crippen LogP contribution in [0.5, 0.6) is 0 Å². The molecule has 1 N–H and O–H groups in total. The summed E-state index contributed by atoms with van der Waals surface area (Å²) >= 11 is 1.82. The SMILES string of the molecule is c1ccc(C2=NC(c3ccc(-c4c(-c5cc(-c6ccccc6)nc(-c6ccccc6)n5)ccc5sc6ccccc6c45)cc3)=NC(c3ccccc3)N2)cc1. The zero-order chi connectivity index (χ0) is 36.6. The molecule has 7 aromatic carbocycles. The number of thiophene rings is 1.